The molecule has 40 heavy (non-hydrogen) atoms. The molecule has 7 rings (SSSR count). The van der Waals surface area contributed by atoms with Gasteiger partial charge >= 0.3 is 0 Å². The fourth-order valence-electron chi connectivity index (χ4n) is 6.32. The van der Waals surface area contributed by atoms with Gasteiger partial charge in [-0.1, -0.05) is 5.57 Å². The van der Waals surface area contributed by atoms with Crippen LogP contribution in [0.15, 0.2) is 58.8 Å². The number of halogens is 1. The van der Waals surface area contributed by atoms with Crippen molar-refractivity contribution in [2.45, 2.75) is 55.6 Å². The molecule has 0 saturated heterocycles. The Balaban J connectivity index is 1.31. The van der Waals surface area contributed by atoms with Crippen molar-refractivity contribution in [2.24, 2.45) is 12.5 Å². The third-order valence-electron chi connectivity index (χ3n) is 8.28. The predicted octanol–water partition coefficient (Wildman–Crippen LogP) is 4.11. The molecule has 1 unspecified atom stereocenters. The van der Waals surface area contributed by atoms with Crippen molar-refractivity contribution in [3.8, 4) is 5.69 Å². The standard InChI is InChI=1S/C28H28FN7O2S2/c1-34-31-17-25(33-34)40(2,38)36(22-9-10-22)23-6-3-19-13-24-18(16-32-35(24)21-7-4-20(29)5-8-21)14-28(19,15-23)26(37)27-30-11-12-39-27/h4-5,7-8,11-13,16-17,22-23H,2-3,6,9-10,14-15H2,1H3/t23-,28-,40?/m0/s1. The molecule has 3 heterocycles. The Labute approximate surface area is 235 Å². The number of Topliss-reactive ketones (excluding diaryl/α,β-unsaturated/α-hetero) is 1. The van der Waals surface area contributed by atoms with Gasteiger partial charge in [0.1, 0.15) is 5.82 Å². The first kappa shape index (κ1) is 25.5. The molecule has 0 aliphatic heterocycles. The van der Waals surface area contributed by atoms with Gasteiger partial charge in [0, 0.05) is 30.7 Å². The first-order chi connectivity index (χ1) is 19.3. The lowest BCUT2D eigenvalue weighted by atomic mass is 9.61. The third-order valence-corrected chi connectivity index (χ3v) is 11.2. The van der Waals surface area contributed by atoms with Crippen LogP contribution in [-0.4, -0.2) is 62.0 Å². The fraction of sp³-hybridized carbons (Fsp3) is 0.357. The minimum Gasteiger partial charge on any atom is -0.290 e. The number of benzene rings is 1. The predicted molar refractivity (Wildman–Crippen MR) is 151 cm³/mol. The van der Waals surface area contributed by atoms with Crippen molar-refractivity contribution in [1.29, 1.82) is 0 Å². The summed E-state index contributed by atoms with van der Waals surface area (Å²) in [6.45, 7) is 0. The highest BCUT2D eigenvalue weighted by Gasteiger charge is 2.53. The fourth-order valence-corrected chi connectivity index (χ4v) is 9.02. The Morgan fingerprint density at radius 2 is 1.98 bits per heavy atom. The van der Waals surface area contributed by atoms with Crippen molar-refractivity contribution in [2.75, 3.05) is 0 Å². The van der Waals surface area contributed by atoms with E-state index in [2.05, 4.69) is 32.2 Å². The van der Waals surface area contributed by atoms with Gasteiger partial charge in [0.25, 0.3) is 0 Å². The SMILES string of the molecule is C=S(=O)(c1cnn(C)n1)N(C1CC1)[C@H]1CCC2=Cc3c(cnn3-c3ccc(F)cc3)C[C@]2(C(=O)c2nccs2)C1. The van der Waals surface area contributed by atoms with Gasteiger partial charge in [-0.2, -0.15) is 15.0 Å². The zero-order chi connectivity index (χ0) is 27.6. The number of nitrogens with zero attached hydrogens (tertiary/aromatic N) is 7. The number of fused-ring (bicyclic) bond motifs is 2. The highest BCUT2D eigenvalue weighted by Crippen LogP contribution is 2.52. The number of hydrogen-bond donors (Lipinski definition) is 0. The molecule has 0 bridgehead atoms. The molecule has 3 aliphatic carbocycles. The smallest absolute Gasteiger partial charge is 0.201 e. The van der Waals surface area contributed by atoms with Crippen LogP contribution in [0.4, 0.5) is 4.39 Å². The number of thiazole rings is 1. The monoisotopic (exact) mass is 577 g/mol. The van der Waals surface area contributed by atoms with Crippen molar-refractivity contribution < 1.29 is 13.4 Å². The molecule has 1 aromatic carbocycles. The average molecular weight is 578 g/mol. The van der Waals surface area contributed by atoms with Gasteiger partial charge in [-0.25, -0.2) is 22.6 Å². The molecular formula is C28H28FN7O2S2. The van der Waals surface area contributed by atoms with E-state index < -0.39 is 15.1 Å². The zero-order valence-corrected chi connectivity index (χ0v) is 23.6. The largest absolute Gasteiger partial charge is 0.290 e. The summed E-state index contributed by atoms with van der Waals surface area (Å²) in [6.07, 6.45) is 11.3. The second-order valence-electron chi connectivity index (χ2n) is 10.8. The molecule has 2 fully saturated rings. The summed E-state index contributed by atoms with van der Waals surface area (Å²) < 4.78 is 31.7. The van der Waals surface area contributed by atoms with Crippen molar-refractivity contribution in [3.05, 3.63) is 75.9 Å². The second-order valence-corrected chi connectivity index (χ2v) is 13.9. The minimum atomic E-state index is -2.91. The van der Waals surface area contributed by atoms with E-state index in [0.717, 1.165) is 41.8 Å². The van der Waals surface area contributed by atoms with Crippen LogP contribution in [0.25, 0.3) is 11.8 Å². The molecule has 3 aliphatic rings. The Morgan fingerprint density at radius 3 is 2.65 bits per heavy atom. The van der Waals surface area contributed by atoms with E-state index in [1.165, 1.54) is 34.5 Å². The zero-order valence-electron chi connectivity index (χ0n) is 21.9. The van der Waals surface area contributed by atoms with E-state index >= 15 is 0 Å². The van der Waals surface area contributed by atoms with E-state index in [0.29, 0.717) is 29.3 Å². The summed E-state index contributed by atoms with van der Waals surface area (Å²) in [4.78, 5) is 20.1. The summed E-state index contributed by atoms with van der Waals surface area (Å²) in [6, 6.07) is 6.24. The van der Waals surface area contributed by atoms with Crippen LogP contribution in [0.1, 0.15) is 53.2 Å². The summed E-state index contributed by atoms with van der Waals surface area (Å²) in [5.74, 6) is 3.86. The summed E-state index contributed by atoms with van der Waals surface area (Å²) in [5, 5.41) is 15.8. The van der Waals surface area contributed by atoms with Crippen LogP contribution in [0.5, 0.6) is 0 Å². The number of ketones is 1. The lowest BCUT2D eigenvalue weighted by Gasteiger charge is -2.47. The summed E-state index contributed by atoms with van der Waals surface area (Å²) in [7, 11) is -1.21. The maximum atomic E-state index is 14.3. The third kappa shape index (κ3) is 4.08. The lowest BCUT2D eigenvalue weighted by molar-refractivity contribution is 0.0741. The maximum Gasteiger partial charge on any atom is 0.201 e. The van der Waals surface area contributed by atoms with E-state index in [9.17, 15) is 13.4 Å². The lowest BCUT2D eigenvalue weighted by Crippen LogP contribution is -2.51. The topological polar surface area (TPSA) is 98.8 Å². The minimum absolute atomic E-state index is 0.00977. The van der Waals surface area contributed by atoms with Crippen LogP contribution in [0.3, 0.4) is 0 Å². The van der Waals surface area contributed by atoms with Gasteiger partial charge in [-0.05, 0) is 80.3 Å². The van der Waals surface area contributed by atoms with Gasteiger partial charge in [-0.15, -0.1) is 16.4 Å². The van der Waals surface area contributed by atoms with Gasteiger partial charge in [0.05, 0.1) is 38.9 Å². The van der Waals surface area contributed by atoms with E-state index in [1.54, 1.807) is 36.3 Å². The van der Waals surface area contributed by atoms with E-state index in [4.69, 9.17) is 0 Å². The number of carbonyl (C=O) groups excluding carboxylic acids is 1. The molecule has 2 saturated carbocycles. The quantitative estimate of drug-likeness (QED) is 0.242. The average Bonchev–Trinajstić information content (AvgIpc) is 3.31. The van der Waals surface area contributed by atoms with Crippen molar-refractivity contribution in [3.63, 3.8) is 0 Å². The molecule has 0 spiro atoms. The summed E-state index contributed by atoms with van der Waals surface area (Å²) >= 11 is 1.35. The summed E-state index contributed by atoms with van der Waals surface area (Å²) in [5.41, 5.74) is 2.80. The number of aromatic nitrogens is 6. The van der Waals surface area contributed by atoms with Crippen molar-refractivity contribution in [1.82, 2.24) is 34.1 Å². The van der Waals surface area contributed by atoms with Gasteiger partial charge in [-0.3, -0.25) is 4.79 Å². The Kier molecular flexibility index (Phi) is 5.92. The highest BCUT2D eigenvalue weighted by molar-refractivity contribution is 7.98. The van der Waals surface area contributed by atoms with Crippen LogP contribution in [0.2, 0.25) is 0 Å². The molecule has 0 amide bonds. The second kappa shape index (κ2) is 9.28. The highest BCUT2D eigenvalue weighted by atomic mass is 32.2. The first-order valence-corrected chi connectivity index (χ1v) is 15.8. The molecule has 3 aromatic heterocycles. The number of carbonyl (C=O) groups is 1. The Morgan fingerprint density at radius 1 is 1.18 bits per heavy atom. The molecule has 12 heteroatoms. The first-order valence-electron chi connectivity index (χ1n) is 13.3. The molecule has 4 aromatic rings. The van der Waals surface area contributed by atoms with Crippen molar-refractivity contribution >= 4 is 38.8 Å². The van der Waals surface area contributed by atoms with Gasteiger partial charge < -0.3 is 0 Å². The number of allylic oxidation sites excluding steroid dienone is 1. The molecule has 3 atom stereocenters. The van der Waals surface area contributed by atoms with Crippen LogP contribution < -0.4 is 0 Å². The molecule has 0 radical (unpaired) electrons. The number of hydrogen-bond acceptors (Lipinski definition) is 7. The van der Waals surface area contributed by atoms with E-state index in [1.807, 2.05) is 9.69 Å². The molecular weight excluding hydrogens is 549 g/mol. The van der Waals surface area contributed by atoms with Gasteiger partial charge in [0.2, 0.25) is 5.78 Å². The normalized spacial score (nSPS) is 23.8. The Hall–Kier alpha value is -3.48. The Bertz CT molecular complexity index is 1740. The molecule has 0 N–H and O–H groups in total. The molecule has 206 valence electrons. The van der Waals surface area contributed by atoms with Gasteiger partial charge in [0.15, 0.2) is 10.0 Å². The van der Waals surface area contributed by atoms with Crippen LogP contribution >= 0.6 is 11.3 Å². The van der Waals surface area contributed by atoms with Crippen LogP contribution in [0, 0.1) is 11.2 Å². The van der Waals surface area contributed by atoms with E-state index in [-0.39, 0.29) is 23.7 Å². The number of aryl methyl sites for hydroxylation is 1. The maximum absolute atomic E-state index is 14.3. The van der Waals surface area contributed by atoms with Crippen LogP contribution in [-0.2, 0) is 23.2 Å². The number of rotatable bonds is 7. The molecule has 9 nitrogen and oxygen atoms in total.